The van der Waals surface area contributed by atoms with E-state index in [0.29, 0.717) is 11.3 Å². The van der Waals surface area contributed by atoms with E-state index in [1.807, 2.05) is 47.1 Å². The fraction of sp³-hybridized carbons (Fsp3) is 0.0833. The van der Waals surface area contributed by atoms with Gasteiger partial charge in [0.05, 0.1) is 17.3 Å². The Morgan fingerprint density at radius 3 is 1.85 bits per heavy atom. The Labute approximate surface area is 231 Å². The SMILES string of the molecule is CC1(C)c2cc(-c3ccc(C#N)cc3)cc3ccc4cc(-c5ccc(-c6cn7cccnc7n6)cc5)cc1c4c23. The number of nitrogens with zero attached hydrogens (tertiary/aromatic N) is 4. The van der Waals surface area contributed by atoms with E-state index in [4.69, 9.17) is 0 Å². The standard InChI is InChI=1S/C36H24N4/c1-36(2)30-18-28(23-6-4-22(20-37)5-7-23)16-26-12-13-27-17-29(19-31(36)34(27)33(26)30)24-8-10-25(11-9-24)32-21-40-15-3-14-38-35(40)39-32/h3-19,21H,1-2H3. The van der Waals surface area contributed by atoms with E-state index >= 15 is 0 Å². The van der Waals surface area contributed by atoms with Crippen LogP contribution in [0.3, 0.4) is 0 Å². The van der Waals surface area contributed by atoms with E-state index < -0.39 is 0 Å². The molecule has 1 aliphatic carbocycles. The van der Waals surface area contributed by atoms with Gasteiger partial charge in [-0.2, -0.15) is 5.26 Å². The number of hydrogen-bond donors (Lipinski definition) is 0. The highest BCUT2D eigenvalue weighted by atomic mass is 15.1. The molecule has 0 saturated carbocycles. The number of rotatable bonds is 3. The molecule has 7 aromatic rings. The maximum atomic E-state index is 9.22. The molecule has 2 aromatic heterocycles. The number of imidazole rings is 1. The summed E-state index contributed by atoms with van der Waals surface area (Å²) in [5.41, 5.74) is 9.99. The van der Waals surface area contributed by atoms with Gasteiger partial charge < -0.3 is 0 Å². The quantitative estimate of drug-likeness (QED) is 0.223. The lowest BCUT2D eigenvalue weighted by atomic mass is 9.80. The van der Waals surface area contributed by atoms with Gasteiger partial charge in [-0.1, -0.05) is 62.4 Å². The van der Waals surface area contributed by atoms with Gasteiger partial charge in [-0.05, 0) is 97.4 Å². The first-order chi connectivity index (χ1) is 19.5. The molecule has 0 radical (unpaired) electrons. The van der Waals surface area contributed by atoms with Gasteiger partial charge in [0, 0.05) is 29.6 Å². The topological polar surface area (TPSA) is 54.0 Å². The minimum Gasteiger partial charge on any atom is -0.291 e. The van der Waals surface area contributed by atoms with Crippen LogP contribution in [0.15, 0.2) is 110 Å². The molecule has 0 fully saturated rings. The van der Waals surface area contributed by atoms with Crippen LogP contribution < -0.4 is 0 Å². The van der Waals surface area contributed by atoms with Crippen molar-refractivity contribution < 1.29 is 0 Å². The molecular weight excluding hydrogens is 488 g/mol. The third-order valence-electron chi connectivity index (χ3n) is 8.47. The Hall–Kier alpha value is -5.27. The van der Waals surface area contributed by atoms with Crippen LogP contribution in [-0.4, -0.2) is 14.4 Å². The highest BCUT2D eigenvalue weighted by Crippen LogP contribution is 2.51. The van der Waals surface area contributed by atoms with Crippen molar-refractivity contribution in [2.45, 2.75) is 19.3 Å². The molecule has 0 N–H and O–H groups in total. The fourth-order valence-electron chi connectivity index (χ4n) is 6.33. The van der Waals surface area contributed by atoms with Gasteiger partial charge in [-0.3, -0.25) is 4.40 Å². The third kappa shape index (κ3) is 3.25. The highest BCUT2D eigenvalue weighted by Gasteiger charge is 2.35. The van der Waals surface area contributed by atoms with Gasteiger partial charge in [0.1, 0.15) is 0 Å². The van der Waals surface area contributed by atoms with Crippen molar-refractivity contribution in [3.63, 3.8) is 0 Å². The minimum absolute atomic E-state index is 0.137. The van der Waals surface area contributed by atoms with Crippen LogP contribution in [0.4, 0.5) is 0 Å². The lowest BCUT2D eigenvalue weighted by molar-refractivity contribution is 0.663. The van der Waals surface area contributed by atoms with Crippen molar-refractivity contribution in [1.29, 1.82) is 5.26 Å². The summed E-state index contributed by atoms with van der Waals surface area (Å²) >= 11 is 0. The molecule has 0 atom stereocenters. The first kappa shape index (κ1) is 22.7. The van der Waals surface area contributed by atoms with Crippen molar-refractivity contribution in [3.8, 4) is 39.6 Å². The van der Waals surface area contributed by atoms with Gasteiger partial charge in [0.15, 0.2) is 0 Å². The minimum atomic E-state index is -0.137. The van der Waals surface area contributed by atoms with Gasteiger partial charge in [-0.15, -0.1) is 0 Å². The second kappa shape index (κ2) is 8.11. The summed E-state index contributed by atoms with van der Waals surface area (Å²) in [6.45, 7) is 4.67. The maximum Gasteiger partial charge on any atom is 0.234 e. The summed E-state index contributed by atoms with van der Waals surface area (Å²) in [7, 11) is 0. The fourth-order valence-corrected chi connectivity index (χ4v) is 6.33. The van der Waals surface area contributed by atoms with E-state index in [2.05, 4.69) is 90.5 Å². The van der Waals surface area contributed by atoms with E-state index in [0.717, 1.165) is 16.8 Å². The molecule has 0 saturated heterocycles. The highest BCUT2D eigenvalue weighted by molar-refractivity contribution is 6.16. The maximum absolute atomic E-state index is 9.22. The molecule has 188 valence electrons. The van der Waals surface area contributed by atoms with E-state index in [-0.39, 0.29) is 5.41 Å². The second-order valence-electron chi connectivity index (χ2n) is 11.2. The smallest absolute Gasteiger partial charge is 0.234 e. The Bertz CT molecular complexity index is 2140. The number of aromatic nitrogens is 3. The first-order valence-corrected chi connectivity index (χ1v) is 13.5. The van der Waals surface area contributed by atoms with Crippen LogP contribution in [-0.2, 0) is 5.41 Å². The molecule has 1 aliphatic rings. The molecule has 0 amide bonds. The summed E-state index contributed by atoms with van der Waals surface area (Å²) in [5.74, 6) is 0.703. The molecule has 8 rings (SSSR count). The molecule has 0 bridgehead atoms. The Balaban J connectivity index is 1.22. The van der Waals surface area contributed by atoms with Crippen molar-refractivity contribution in [2.24, 2.45) is 0 Å². The van der Waals surface area contributed by atoms with E-state index in [9.17, 15) is 5.26 Å². The van der Waals surface area contributed by atoms with Crippen LogP contribution in [0.2, 0.25) is 0 Å². The Kier molecular flexibility index (Phi) is 4.60. The van der Waals surface area contributed by atoms with Crippen molar-refractivity contribution >= 4 is 27.3 Å². The lowest BCUT2D eigenvalue weighted by Gasteiger charge is -2.23. The largest absolute Gasteiger partial charge is 0.291 e. The van der Waals surface area contributed by atoms with Gasteiger partial charge >= 0.3 is 0 Å². The van der Waals surface area contributed by atoms with Crippen molar-refractivity contribution in [3.05, 3.63) is 126 Å². The van der Waals surface area contributed by atoms with E-state index in [1.54, 1.807) is 6.20 Å². The van der Waals surface area contributed by atoms with Crippen LogP contribution >= 0.6 is 0 Å². The molecule has 2 heterocycles. The zero-order valence-corrected chi connectivity index (χ0v) is 22.2. The summed E-state index contributed by atoms with van der Waals surface area (Å²) in [4.78, 5) is 9.02. The summed E-state index contributed by atoms with van der Waals surface area (Å²) in [6.07, 6.45) is 5.75. The lowest BCUT2D eigenvalue weighted by Crippen LogP contribution is -2.15. The van der Waals surface area contributed by atoms with Gasteiger partial charge in [-0.25, -0.2) is 9.97 Å². The molecular formula is C36H24N4. The zero-order valence-electron chi connectivity index (χ0n) is 22.2. The number of nitriles is 1. The molecule has 4 heteroatoms. The van der Waals surface area contributed by atoms with Crippen LogP contribution in [0, 0.1) is 11.3 Å². The molecule has 4 nitrogen and oxygen atoms in total. The predicted octanol–water partition coefficient (Wildman–Crippen LogP) is 8.55. The first-order valence-electron chi connectivity index (χ1n) is 13.5. The number of benzene rings is 5. The Morgan fingerprint density at radius 2 is 1.27 bits per heavy atom. The monoisotopic (exact) mass is 512 g/mol. The molecule has 0 aliphatic heterocycles. The molecule has 0 unspecified atom stereocenters. The average Bonchev–Trinajstić information content (AvgIpc) is 3.53. The van der Waals surface area contributed by atoms with E-state index in [1.165, 1.54) is 49.4 Å². The summed E-state index contributed by atoms with van der Waals surface area (Å²) < 4.78 is 1.95. The Morgan fingerprint density at radius 1 is 0.700 bits per heavy atom. The second-order valence-corrected chi connectivity index (χ2v) is 11.2. The van der Waals surface area contributed by atoms with Crippen LogP contribution in [0.5, 0.6) is 0 Å². The van der Waals surface area contributed by atoms with Crippen molar-refractivity contribution in [1.82, 2.24) is 14.4 Å². The summed E-state index contributed by atoms with van der Waals surface area (Å²) in [6, 6.07) is 34.5. The average molecular weight is 513 g/mol. The van der Waals surface area contributed by atoms with Gasteiger partial charge in [0.25, 0.3) is 0 Å². The number of hydrogen-bond acceptors (Lipinski definition) is 3. The molecule has 40 heavy (non-hydrogen) atoms. The van der Waals surface area contributed by atoms with Crippen LogP contribution in [0.1, 0.15) is 30.5 Å². The third-order valence-corrected chi connectivity index (χ3v) is 8.47. The zero-order chi connectivity index (χ0) is 27.0. The summed E-state index contributed by atoms with van der Waals surface area (Å²) in [5, 5.41) is 14.5. The van der Waals surface area contributed by atoms with Gasteiger partial charge in [0.2, 0.25) is 5.78 Å². The molecule has 5 aromatic carbocycles. The molecule has 0 spiro atoms. The van der Waals surface area contributed by atoms with Crippen LogP contribution in [0.25, 0.3) is 60.8 Å². The van der Waals surface area contributed by atoms with Crippen molar-refractivity contribution in [2.75, 3.05) is 0 Å². The normalized spacial score (nSPS) is 13.4. The number of fused-ring (bicyclic) bond motifs is 1. The predicted molar refractivity (Wildman–Crippen MR) is 161 cm³/mol.